The number of nitrogens with one attached hydrogen (secondary N) is 1. The summed E-state index contributed by atoms with van der Waals surface area (Å²) in [4.78, 5) is 16.5. The molecule has 0 aliphatic rings. The first-order chi connectivity index (χ1) is 12.7. The number of amides is 1. The molecular formula is C20H20N2O3S. The van der Waals surface area contributed by atoms with E-state index in [2.05, 4.69) is 17.2 Å². The van der Waals surface area contributed by atoms with Crippen molar-refractivity contribution in [1.29, 1.82) is 0 Å². The lowest BCUT2D eigenvalue weighted by Gasteiger charge is -2.06. The first kappa shape index (κ1) is 17.9. The van der Waals surface area contributed by atoms with Gasteiger partial charge in [-0.2, -0.15) is 0 Å². The van der Waals surface area contributed by atoms with Crippen molar-refractivity contribution in [3.05, 3.63) is 59.5 Å². The van der Waals surface area contributed by atoms with Crippen LogP contribution < -0.4 is 14.8 Å². The van der Waals surface area contributed by atoms with E-state index in [1.165, 1.54) is 16.9 Å². The van der Waals surface area contributed by atoms with Crippen molar-refractivity contribution in [2.24, 2.45) is 0 Å². The molecule has 3 aromatic rings. The van der Waals surface area contributed by atoms with Gasteiger partial charge in [-0.05, 0) is 48.4 Å². The minimum atomic E-state index is -0.236. The molecule has 1 N–H and O–H groups in total. The number of thiazole rings is 1. The van der Waals surface area contributed by atoms with Crippen LogP contribution in [0.5, 0.6) is 11.5 Å². The Hall–Kier alpha value is -2.86. The van der Waals surface area contributed by atoms with Crippen LogP contribution in [0.3, 0.4) is 0 Å². The molecule has 0 unspecified atom stereocenters. The molecule has 0 saturated heterocycles. The van der Waals surface area contributed by atoms with Crippen molar-refractivity contribution >= 4 is 22.4 Å². The van der Waals surface area contributed by atoms with Crippen LogP contribution in [-0.2, 0) is 11.2 Å². The van der Waals surface area contributed by atoms with Gasteiger partial charge in [-0.25, -0.2) is 4.98 Å². The van der Waals surface area contributed by atoms with Crippen molar-refractivity contribution < 1.29 is 14.3 Å². The third-order valence-corrected chi connectivity index (χ3v) is 4.60. The SMILES string of the molecule is CCc1ccc(OCC(=O)Nc2nc(-c3ccc(OC)cc3)cs2)cc1. The molecule has 0 aliphatic carbocycles. The number of hydrogen-bond acceptors (Lipinski definition) is 5. The lowest BCUT2D eigenvalue weighted by Crippen LogP contribution is -2.20. The maximum Gasteiger partial charge on any atom is 0.264 e. The molecule has 3 rings (SSSR count). The van der Waals surface area contributed by atoms with Gasteiger partial charge in [0.2, 0.25) is 0 Å². The number of anilines is 1. The molecule has 6 heteroatoms. The van der Waals surface area contributed by atoms with E-state index in [-0.39, 0.29) is 12.5 Å². The molecule has 0 spiro atoms. The molecule has 2 aromatic carbocycles. The Morgan fingerprint density at radius 1 is 1.08 bits per heavy atom. The Morgan fingerprint density at radius 2 is 1.77 bits per heavy atom. The van der Waals surface area contributed by atoms with E-state index in [1.807, 2.05) is 53.9 Å². The quantitative estimate of drug-likeness (QED) is 0.671. The smallest absolute Gasteiger partial charge is 0.264 e. The second-order valence-electron chi connectivity index (χ2n) is 5.60. The van der Waals surface area contributed by atoms with Crippen LogP contribution in [0.2, 0.25) is 0 Å². The molecule has 0 bridgehead atoms. The van der Waals surface area contributed by atoms with Gasteiger partial charge < -0.3 is 9.47 Å². The monoisotopic (exact) mass is 368 g/mol. The summed E-state index contributed by atoms with van der Waals surface area (Å²) in [6.45, 7) is 2.04. The summed E-state index contributed by atoms with van der Waals surface area (Å²) < 4.78 is 10.7. The number of rotatable bonds is 7. The number of ether oxygens (including phenoxy) is 2. The summed E-state index contributed by atoms with van der Waals surface area (Å²) >= 11 is 1.38. The Bertz CT molecular complexity index is 858. The minimum Gasteiger partial charge on any atom is -0.497 e. The fraction of sp³-hybridized carbons (Fsp3) is 0.200. The number of carbonyl (C=O) groups is 1. The molecule has 26 heavy (non-hydrogen) atoms. The van der Waals surface area contributed by atoms with E-state index in [4.69, 9.17) is 9.47 Å². The van der Waals surface area contributed by atoms with Gasteiger partial charge in [-0.15, -0.1) is 11.3 Å². The second kappa shape index (κ2) is 8.49. The molecule has 0 atom stereocenters. The highest BCUT2D eigenvalue weighted by atomic mass is 32.1. The van der Waals surface area contributed by atoms with Gasteiger partial charge in [-0.1, -0.05) is 19.1 Å². The van der Waals surface area contributed by atoms with Crippen molar-refractivity contribution in [1.82, 2.24) is 4.98 Å². The first-order valence-electron chi connectivity index (χ1n) is 8.29. The van der Waals surface area contributed by atoms with E-state index in [9.17, 15) is 4.79 Å². The lowest BCUT2D eigenvalue weighted by atomic mass is 10.2. The van der Waals surface area contributed by atoms with Gasteiger partial charge >= 0.3 is 0 Å². The van der Waals surface area contributed by atoms with Gasteiger partial charge in [0.05, 0.1) is 12.8 Å². The van der Waals surface area contributed by atoms with Crippen molar-refractivity contribution in [3.8, 4) is 22.8 Å². The highest BCUT2D eigenvalue weighted by molar-refractivity contribution is 7.14. The number of methoxy groups -OCH3 is 1. The maximum atomic E-state index is 12.1. The molecule has 0 saturated carbocycles. The van der Waals surface area contributed by atoms with E-state index in [0.717, 1.165) is 23.4 Å². The Balaban J connectivity index is 1.55. The first-order valence-corrected chi connectivity index (χ1v) is 9.17. The van der Waals surface area contributed by atoms with Crippen LogP contribution in [0.25, 0.3) is 11.3 Å². The van der Waals surface area contributed by atoms with Crippen LogP contribution in [0, 0.1) is 0 Å². The zero-order valence-corrected chi connectivity index (χ0v) is 15.5. The molecule has 0 fully saturated rings. The molecular weight excluding hydrogens is 348 g/mol. The largest absolute Gasteiger partial charge is 0.497 e. The highest BCUT2D eigenvalue weighted by Gasteiger charge is 2.09. The number of aromatic nitrogens is 1. The molecule has 1 heterocycles. The summed E-state index contributed by atoms with van der Waals surface area (Å²) in [6, 6.07) is 15.4. The third-order valence-electron chi connectivity index (χ3n) is 3.84. The zero-order valence-electron chi connectivity index (χ0n) is 14.7. The molecule has 1 amide bonds. The zero-order chi connectivity index (χ0) is 18.4. The predicted octanol–water partition coefficient (Wildman–Crippen LogP) is 4.40. The average molecular weight is 368 g/mol. The minimum absolute atomic E-state index is 0.0527. The second-order valence-corrected chi connectivity index (χ2v) is 6.46. The predicted molar refractivity (Wildman–Crippen MR) is 104 cm³/mol. The number of carbonyl (C=O) groups excluding carboxylic acids is 1. The van der Waals surface area contributed by atoms with Gasteiger partial charge in [0.25, 0.3) is 5.91 Å². The van der Waals surface area contributed by atoms with Crippen LogP contribution in [0.1, 0.15) is 12.5 Å². The molecule has 134 valence electrons. The number of nitrogens with zero attached hydrogens (tertiary/aromatic N) is 1. The van der Waals surface area contributed by atoms with Crippen LogP contribution in [0.15, 0.2) is 53.9 Å². The van der Waals surface area contributed by atoms with Gasteiger partial charge in [0.15, 0.2) is 11.7 Å². The summed E-state index contributed by atoms with van der Waals surface area (Å²) in [5.41, 5.74) is 3.01. The Labute approximate surface area is 156 Å². The third kappa shape index (κ3) is 4.61. The Kier molecular flexibility index (Phi) is 5.86. The van der Waals surface area contributed by atoms with Gasteiger partial charge in [-0.3, -0.25) is 10.1 Å². The average Bonchev–Trinajstić information content (AvgIpc) is 3.15. The molecule has 1 aromatic heterocycles. The topological polar surface area (TPSA) is 60.5 Å². The maximum absolute atomic E-state index is 12.1. The normalized spacial score (nSPS) is 10.4. The van der Waals surface area contributed by atoms with Gasteiger partial charge in [0.1, 0.15) is 11.5 Å². The molecule has 5 nitrogen and oxygen atoms in total. The lowest BCUT2D eigenvalue weighted by molar-refractivity contribution is -0.118. The van der Waals surface area contributed by atoms with Gasteiger partial charge in [0, 0.05) is 10.9 Å². The highest BCUT2D eigenvalue weighted by Crippen LogP contribution is 2.26. The molecule has 0 aliphatic heterocycles. The van der Waals surface area contributed by atoms with E-state index in [0.29, 0.717) is 10.9 Å². The molecule has 0 radical (unpaired) electrons. The number of aryl methyl sites for hydroxylation is 1. The fourth-order valence-electron chi connectivity index (χ4n) is 2.35. The van der Waals surface area contributed by atoms with E-state index in [1.54, 1.807) is 7.11 Å². The van der Waals surface area contributed by atoms with Crippen LogP contribution in [0.4, 0.5) is 5.13 Å². The van der Waals surface area contributed by atoms with Crippen molar-refractivity contribution in [2.75, 3.05) is 19.0 Å². The summed E-state index contributed by atoms with van der Waals surface area (Å²) in [5, 5.41) is 5.22. The van der Waals surface area contributed by atoms with Crippen molar-refractivity contribution in [2.45, 2.75) is 13.3 Å². The van der Waals surface area contributed by atoms with Crippen LogP contribution >= 0.6 is 11.3 Å². The van der Waals surface area contributed by atoms with E-state index < -0.39 is 0 Å². The van der Waals surface area contributed by atoms with Crippen molar-refractivity contribution in [3.63, 3.8) is 0 Å². The Morgan fingerprint density at radius 3 is 2.42 bits per heavy atom. The number of hydrogen-bond donors (Lipinski definition) is 1. The van der Waals surface area contributed by atoms with Crippen LogP contribution in [-0.4, -0.2) is 24.6 Å². The standard InChI is InChI=1S/C20H20N2O3S/c1-3-14-4-8-17(9-5-14)25-12-19(23)22-20-21-18(13-26-20)15-6-10-16(24-2)11-7-15/h4-11,13H,3,12H2,1-2H3,(H,21,22,23). The summed E-state index contributed by atoms with van der Waals surface area (Å²) in [5.74, 6) is 1.23. The summed E-state index contributed by atoms with van der Waals surface area (Å²) in [6.07, 6.45) is 0.974. The number of benzene rings is 2. The fourth-order valence-corrected chi connectivity index (χ4v) is 3.09. The van der Waals surface area contributed by atoms with E-state index >= 15 is 0 Å². The summed E-state index contributed by atoms with van der Waals surface area (Å²) in [7, 11) is 1.63.